The quantitative estimate of drug-likeness (QED) is 0.389. The molecule has 0 saturated carbocycles. The van der Waals surface area contributed by atoms with E-state index in [2.05, 4.69) is 5.32 Å². The number of hydrogen-bond donors (Lipinski definition) is 3. The summed E-state index contributed by atoms with van der Waals surface area (Å²) in [6.45, 7) is 0.632. The van der Waals surface area contributed by atoms with Crippen molar-refractivity contribution in [1.29, 1.82) is 0 Å². The number of carbonyl (C=O) groups is 3. The maximum atomic E-state index is 13.9. The molecule has 0 bridgehead atoms. The van der Waals surface area contributed by atoms with Gasteiger partial charge in [-0.2, -0.15) is 0 Å². The molecule has 0 aromatic heterocycles. The molecule has 40 heavy (non-hydrogen) atoms. The van der Waals surface area contributed by atoms with Crippen LogP contribution in [0.4, 0.5) is 0 Å². The van der Waals surface area contributed by atoms with Crippen LogP contribution in [0.2, 0.25) is 5.02 Å². The van der Waals surface area contributed by atoms with Gasteiger partial charge in [0.1, 0.15) is 18.5 Å². The molecule has 2 aromatic rings. The summed E-state index contributed by atoms with van der Waals surface area (Å²) in [5, 5.41) is 24.3. The van der Waals surface area contributed by atoms with Gasteiger partial charge in [0.2, 0.25) is 11.8 Å². The van der Waals surface area contributed by atoms with E-state index in [-0.39, 0.29) is 37.8 Å². The van der Waals surface area contributed by atoms with Crippen molar-refractivity contribution in [1.82, 2.24) is 10.2 Å². The van der Waals surface area contributed by atoms with Crippen LogP contribution in [0.1, 0.15) is 33.8 Å². The van der Waals surface area contributed by atoms with Crippen LogP contribution in [0.25, 0.3) is 0 Å². The van der Waals surface area contributed by atoms with Crippen molar-refractivity contribution in [2.24, 2.45) is 5.92 Å². The topological polar surface area (TPSA) is 135 Å². The number of fused-ring (bicyclic) bond motifs is 3. The lowest BCUT2D eigenvalue weighted by molar-refractivity contribution is -0.142. The van der Waals surface area contributed by atoms with Gasteiger partial charge in [-0.3, -0.25) is 14.4 Å². The molecule has 0 radical (unpaired) electrons. The zero-order valence-corrected chi connectivity index (χ0v) is 22.7. The molecule has 11 heteroatoms. The zero-order chi connectivity index (χ0) is 28.4. The van der Waals surface area contributed by atoms with E-state index in [4.69, 9.17) is 25.8 Å². The highest BCUT2D eigenvalue weighted by Crippen LogP contribution is 2.51. The summed E-state index contributed by atoms with van der Waals surface area (Å²) in [6.07, 6.45) is 0.641. The Labute approximate surface area is 236 Å². The fourth-order valence-corrected chi connectivity index (χ4v) is 5.77. The minimum absolute atomic E-state index is 0.0129. The standard InChI is InChI=1S/C29H31ClN2O8/c1-38-23-11-17(14-34)10-20-24-21(28(36)31-7-8-33)12-22(25(35)27(24)40-26(20)23)32(29(37)18-6-9-39-15-18)13-16-2-4-19(30)5-3-16/h2-5,10-12,14,18,22,24-25,27,33,35H,6-9,13,15H2,1H3,(H,31,36). The first-order valence-electron chi connectivity index (χ1n) is 13.1. The number of nitrogens with one attached hydrogen (secondary N) is 1. The Morgan fingerprint density at radius 2 is 2.02 bits per heavy atom. The molecule has 2 heterocycles. The largest absolute Gasteiger partial charge is 0.493 e. The summed E-state index contributed by atoms with van der Waals surface area (Å²) in [5.74, 6) is -1.20. The second kappa shape index (κ2) is 12.0. The normalized spacial score (nSPS) is 24.8. The van der Waals surface area contributed by atoms with Gasteiger partial charge in [-0.05, 0) is 42.3 Å². The predicted octanol–water partition coefficient (Wildman–Crippen LogP) is 1.85. The van der Waals surface area contributed by atoms with E-state index in [0.29, 0.717) is 47.0 Å². The number of aliphatic hydroxyl groups is 2. The molecule has 1 saturated heterocycles. The van der Waals surface area contributed by atoms with Crippen molar-refractivity contribution in [2.45, 2.75) is 37.1 Å². The Balaban J connectivity index is 1.60. The van der Waals surface area contributed by atoms with Gasteiger partial charge in [0.15, 0.2) is 11.5 Å². The fourth-order valence-electron chi connectivity index (χ4n) is 5.64. The number of aliphatic hydroxyl groups excluding tert-OH is 2. The van der Waals surface area contributed by atoms with Gasteiger partial charge in [-0.25, -0.2) is 0 Å². The van der Waals surface area contributed by atoms with Crippen molar-refractivity contribution >= 4 is 29.7 Å². The molecule has 5 rings (SSSR count). The van der Waals surface area contributed by atoms with Gasteiger partial charge in [0, 0.05) is 41.4 Å². The molecule has 1 aliphatic carbocycles. The van der Waals surface area contributed by atoms with Crippen molar-refractivity contribution in [3.05, 3.63) is 69.8 Å². The molecule has 3 N–H and O–H groups in total. The molecule has 212 valence electrons. The van der Waals surface area contributed by atoms with Gasteiger partial charge >= 0.3 is 0 Å². The summed E-state index contributed by atoms with van der Waals surface area (Å²) < 4.78 is 17.2. The minimum atomic E-state index is -1.23. The summed E-state index contributed by atoms with van der Waals surface area (Å²) in [6, 6.07) is 9.27. The molecule has 5 atom stereocenters. The predicted molar refractivity (Wildman–Crippen MR) is 144 cm³/mol. The van der Waals surface area contributed by atoms with E-state index in [0.717, 1.165) is 5.56 Å². The maximum Gasteiger partial charge on any atom is 0.247 e. The van der Waals surface area contributed by atoms with Crippen LogP contribution in [0, 0.1) is 5.92 Å². The minimum Gasteiger partial charge on any atom is -0.493 e. The number of carbonyl (C=O) groups excluding carboxylic acids is 3. The lowest BCUT2D eigenvalue weighted by atomic mass is 9.77. The second-order valence-corrected chi connectivity index (χ2v) is 10.5. The summed E-state index contributed by atoms with van der Waals surface area (Å²) in [5.41, 5.74) is 1.90. The van der Waals surface area contributed by atoms with E-state index in [1.54, 1.807) is 41.3 Å². The van der Waals surface area contributed by atoms with Crippen LogP contribution in [0.3, 0.4) is 0 Å². The third kappa shape index (κ3) is 5.32. The highest BCUT2D eigenvalue weighted by atomic mass is 35.5. The molecular formula is C29H31ClN2O8. The number of nitrogens with zero attached hydrogens (tertiary/aromatic N) is 1. The van der Waals surface area contributed by atoms with E-state index >= 15 is 0 Å². The molecular weight excluding hydrogens is 540 g/mol. The Bertz CT molecular complexity index is 1310. The van der Waals surface area contributed by atoms with Crippen LogP contribution in [0.5, 0.6) is 11.5 Å². The summed E-state index contributed by atoms with van der Waals surface area (Å²) in [4.78, 5) is 40.5. The van der Waals surface area contributed by atoms with Crippen LogP contribution in [0.15, 0.2) is 48.0 Å². The first-order valence-corrected chi connectivity index (χ1v) is 13.5. The van der Waals surface area contributed by atoms with Crippen molar-refractivity contribution in [3.8, 4) is 11.5 Å². The average Bonchev–Trinajstić information content (AvgIpc) is 3.64. The fraction of sp³-hybridized carbons (Fsp3) is 0.414. The van der Waals surface area contributed by atoms with E-state index in [1.807, 2.05) is 0 Å². The van der Waals surface area contributed by atoms with Gasteiger partial charge in [-0.1, -0.05) is 23.7 Å². The lowest BCUT2D eigenvalue weighted by Crippen LogP contribution is -2.56. The highest BCUT2D eigenvalue weighted by Gasteiger charge is 2.52. The SMILES string of the molecule is COc1cc(C=O)cc2c1OC1C2C(C(=O)NCCO)=CC(N(Cc2ccc(Cl)cc2)C(=O)C2CCOC2)C1O. The van der Waals surface area contributed by atoms with Gasteiger partial charge < -0.3 is 34.6 Å². The Morgan fingerprint density at radius 3 is 2.67 bits per heavy atom. The first kappa shape index (κ1) is 28.1. The molecule has 2 aliphatic heterocycles. The van der Waals surface area contributed by atoms with Crippen LogP contribution >= 0.6 is 11.6 Å². The van der Waals surface area contributed by atoms with Crippen LogP contribution in [-0.2, 0) is 20.9 Å². The summed E-state index contributed by atoms with van der Waals surface area (Å²) >= 11 is 6.08. The van der Waals surface area contributed by atoms with Crippen molar-refractivity contribution in [3.63, 3.8) is 0 Å². The molecule has 2 amide bonds. The van der Waals surface area contributed by atoms with E-state index in [1.165, 1.54) is 13.2 Å². The number of aldehydes is 1. The lowest BCUT2D eigenvalue weighted by Gasteiger charge is -2.41. The van der Waals surface area contributed by atoms with Gasteiger partial charge in [0.05, 0.1) is 38.2 Å². The maximum absolute atomic E-state index is 13.9. The van der Waals surface area contributed by atoms with Crippen LogP contribution in [-0.4, -0.2) is 84.9 Å². The molecule has 1 fully saturated rings. The number of halogens is 1. The van der Waals surface area contributed by atoms with Crippen LogP contribution < -0.4 is 14.8 Å². The molecule has 3 aliphatic rings. The van der Waals surface area contributed by atoms with Crippen molar-refractivity contribution < 1.29 is 38.8 Å². The third-order valence-electron chi connectivity index (χ3n) is 7.60. The van der Waals surface area contributed by atoms with Gasteiger partial charge in [-0.15, -0.1) is 0 Å². The second-order valence-electron chi connectivity index (χ2n) is 10.1. The van der Waals surface area contributed by atoms with Crippen molar-refractivity contribution in [2.75, 3.05) is 33.5 Å². The monoisotopic (exact) mass is 570 g/mol. The van der Waals surface area contributed by atoms with E-state index in [9.17, 15) is 24.6 Å². The highest BCUT2D eigenvalue weighted by molar-refractivity contribution is 6.30. The molecule has 0 spiro atoms. The zero-order valence-electron chi connectivity index (χ0n) is 21.9. The number of ether oxygens (including phenoxy) is 3. The van der Waals surface area contributed by atoms with E-state index < -0.39 is 36.0 Å². The molecule has 10 nitrogen and oxygen atoms in total. The first-order chi connectivity index (χ1) is 19.4. The number of benzene rings is 2. The number of methoxy groups -OCH3 is 1. The molecule has 2 aromatic carbocycles. The third-order valence-corrected chi connectivity index (χ3v) is 7.85. The number of amides is 2. The Hall–Kier alpha value is -3.44. The number of rotatable bonds is 9. The smallest absolute Gasteiger partial charge is 0.247 e. The Kier molecular flexibility index (Phi) is 8.41. The average molecular weight is 571 g/mol. The van der Waals surface area contributed by atoms with Gasteiger partial charge in [0.25, 0.3) is 0 Å². The number of hydrogen-bond acceptors (Lipinski definition) is 8. The summed E-state index contributed by atoms with van der Waals surface area (Å²) in [7, 11) is 1.44. The molecule has 5 unspecified atom stereocenters. The Morgan fingerprint density at radius 1 is 1.25 bits per heavy atom.